The summed E-state index contributed by atoms with van der Waals surface area (Å²) in [6.45, 7) is 15.7. The van der Waals surface area contributed by atoms with E-state index in [1.165, 1.54) is 0 Å². The van der Waals surface area contributed by atoms with Gasteiger partial charge in [-0.1, -0.05) is 51.4 Å². The maximum Gasteiger partial charge on any atom is 0.139 e. The Labute approximate surface area is 144 Å². The molecule has 0 saturated carbocycles. The first kappa shape index (κ1) is 18.1. The van der Waals surface area contributed by atoms with Gasteiger partial charge in [-0.2, -0.15) is 5.10 Å². The van der Waals surface area contributed by atoms with Crippen LogP contribution in [0.1, 0.15) is 82.6 Å². The standard InChI is InChI=1S/C18H28ClN3O/c1-8-22-13(5)16(19)17(20-22)18(6,7)10-12(4)15-9-14(11(2)3)21-23-15/h9,11-12H,8,10H2,1-7H3. The number of halogens is 1. The summed E-state index contributed by atoms with van der Waals surface area (Å²) in [6.07, 6.45) is 0.902. The highest BCUT2D eigenvalue weighted by atomic mass is 35.5. The Balaban J connectivity index is 2.22. The summed E-state index contributed by atoms with van der Waals surface area (Å²) in [5, 5.41) is 9.67. The average molecular weight is 338 g/mol. The molecule has 2 aromatic heterocycles. The molecule has 4 nitrogen and oxygen atoms in total. The molecule has 0 saturated heterocycles. The summed E-state index contributed by atoms with van der Waals surface area (Å²) in [6, 6.07) is 2.07. The molecule has 0 bridgehead atoms. The molecule has 0 N–H and O–H groups in total. The van der Waals surface area contributed by atoms with E-state index in [9.17, 15) is 0 Å². The fourth-order valence-corrected chi connectivity index (χ4v) is 3.43. The van der Waals surface area contributed by atoms with Crippen LogP contribution in [-0.2, 0) is 12.0 Å². The Hall–Kier alpha value is -1.29. The predicted molar refractivity (Wildman–Crippen MR) is 94.3 cm³/mol. The summed E-state index contributed by atoms with van der Waals surface area (Å²) >= 11 is 6.53. The van der Waals surface area contributed by atoms with Crippen molar-refractivity contribution in [2.75, 3.05) is 0 Å². The molecular weight excluding hydrogens is 310 g/mol. The zero-order valence-electron chi connectivity index (χ0n) is 15.3. The minimum absolute atomic E-state index is 0.132. The van der Waals surface area contributed by atoms with Crippen LogP contribution in [0, 0.1) is 6.92 Å². The molecular formula is C18H28ClN3O. The van der Waals surface area contributed by atoms with Crippen LogP contribution < -0.4 is 0 Å². The van der Waals surface area contributed by atoms with E-state index < -0.39 is 0 Å². The number of hydrogen-bond donors (Lipinski definition) is 0. The molecule has 0 aliphatic carbocycles. The lowest BCUT2D eigenvalue weighted by Crippen LogP contribution is -2.21. The van der Waals surface area contributed by atoms with E-state index in [0.29, 0.717) is 5.92 Å². The molecule has 1 unspecified atom stereocenters. The van der Waals surface area contributed by atoms with E-state index >= 15 is 0 Å². The Bertz CT molecular complexity index is 670. The average Bonchev–Trinajstić information content (AvgIpc) is 3.06. The smallest absolute Gasteiger partial charge is 0.139 e. The number of aryl methyl sites for hydroxylation is 1. The van der Waals surface area contributed by atoms with Crippen molar-refractivity contribution in [3.8, 4) is 0 Å². The first-order chi connectivity index (χ1) is 10.7. The van der Waals surface area contributed by atoms with Crippen LogP contribution in [0.15, 0.2) is 10.6 Å². The van der Waals surface area contributed by atoms with Crippen LogP contribution in [0.5, 0.6) is 0 Å². The van der Waals surface area contributed by atoms with Gasteiger partial charge in [0.1, 0.15) is 5.76 Å². The maximum absolute atomic E-state index is 6.53. The van der Waals surface area contributed by atoms with E-state index in [-0.39, 0.29) is 11.3 Å². The van der Waals surface area contributed by atoms with Gasteiger partial charge in [0, 0.05) is 23.9 Å². The molecule has 1 atom stereocenters. The van der Waals surface area contributed by atoms with Crippen LogP contribution in [0.3, 0.4) is 0 Å². The molecule has 23 heavy (non-hydrogen) atoms. The van der Waals surface area contributed by atoms with Crippen molar-refractivity contribution >= 4 is 11.6 Å². The second-order valence-electron chi connectivity index (χ2n) is 7.36. The molecule has 0 amide bonds. The Kier molecular flexibility index (Phi) is 5.24. The minimum Gasteiger partial charge on any atom is -0.361 e. The van der Waals surface area contributed by atoms with E-state index in [4.69, 9.17) is 21.2 Å². The summed E-state index contributed by atoms with van der Waals surface area (Å²) < 4.78 is 7.51. The quantitative estimate of drug-likeness (QED) is 0.704. The molecule has 5 heteroatoms. The highest BCUT2D eigenvalue weighted by Gasteiger charge is 2.31. The Morgan fingerprint density at radius 3 is 2.43 bits per heavy atom. The highest BCUT2D eigenvalue weighted by molar-refractivity contribution is 6.32. The predicted octanol–water partition coefficient (Wildman–Crippen LogP) is 5.45. The van der Waals surface area contributed by atoms with Gasteiger partial charge >= 0.3 is 0 Å². The van der Waals surface area contributed by atoms with Gasteiger partial charge < -0.3 is 4.52 Å². The zero-order valence-corrected chi connectivity index (χ0v) is 16.0. The molecule has 128 valence electrons. The number of aromatic nitrogens is 3. The van der Waals surface area contributed by atoms with Gasteiger partial charge in [0.25, 0.3) is 0 Å². The fourth-order valence-electron chi connectivity index (χ4n) is 3.04. The van der Waals surface area contributed by atoms with Crippen molar-refractivity contribution in [1.29, 1.82) is 0 Å². The van der Waals surface area contributed by atoms with Gasteiger partial charge in [-0.25, -0.2) is 0 Å². The third-order valence-electron chi connectivity index (χ3n) is 4.51. The van der Waals surface area contributed by atoms with Gasteiger partial charge in [0.15, 0.2) is 0 Å². The van der Waals surface area contributed by atoms with Gasteiger partial charge in [-0.15, -0.1) is 0 Å². The van der Waals surface area contributed by atoms with E-state index in [1.54, 1.807) is 0 Å². The monoisotopic (exact) mass is 337 g/mol. The number of hydrogen-bond acceptors (Lipinski definition) is 3. The summed E-state index contributed by atoms with van der Waals surface area (Å²) in [4.78, 5) is 0. The minimum atomic E-state index is -0.132. The fraction of sp³-hybridized carbons (Fsp3) is 0.667. The second-order valence-corrected chi connectivity index (χ2v) is 7.74. The van der Waals surface area contributed by atoms with Crippen molar-refractivity contribution in [2.24, 2.45) is 0 Å². The van der Waals surface area contributed by atoms with Crippen LogP contribution in [0.2, 0.25) is 5.02 Å². The van der Waals surface area contributed by atoms with Crippen LogP contribution in [0.25, 0.3) is 0 Å². The summed E-state index contributed by atoms with van der Waals surface area (Å²) in [5.41, 5.74) is 2.88. The van der Waals surface area contributed by atoms with Gasteiger partial charge in [-0.05, 0) is 26.2 Å². The molecule has 2 rings (SSSR count). The van der Waals surface area contributed by atoms with Crippen molar-refractivity contribution in [1.82, 2.24) is 14.9 Å². The lowest BCUT2D eigenvalue weighted by Gasteiger charge is -2.25. The Morgan fingerprint density at radius 2 is 1.96 bits per heavy atom. The van der Waals surface area contributed by atoms with Crippen molar-refractivity contribution in [2.45, 2.75) is 78.7 Å². The maximum atomic E-state index is 6.53. The lowest BCUT2D eigenvalue weighted by molar-refractivity contribution is 0.326. The normalized spacial score (nSPS) is 13.8. The number of nitrogens with zero attached hydrogens (tertiary/aromatic N) is 3. The van der Waals surface area contributed by atoms with Crippen LogP contribution in [-0.4, -0.2) is 14.9 Å². The topological polar surface area (TPSA) is 43.9 Å². The van der Waals surface area contributed by atoms with Crippen molar-refractivity contribution < 1.29 is 4.52 Å². The number of rotatable bonds is 6. The van der Waals surface area contributed by atoms with E-state index in [0.717, 1.165) is 40.8 Å². The van der Waals surface area contributed by atoms with Gasteiger partial charge in [0.2, 0.25) is 0 Å². The van der Waals surface area contributed by atoms with Crippen molar-refractivity contribution in [3.63, 3.8) is 0 Å². The molecule has 0 aromatic carbocycles. The molecule has 0 spiro atoms. The van der Waals surface area contributed by atoms with Crippen LogP contribution in [0.4, 0.5) is 0 Å². The van der Waals surface area contributed by atoms with Gasteiger partial charge in [0.05, 0.1) is 22.1 Å². The molecule has 0 aliphatic rings. The molecule has 2 aromatic rings. The summed E-state index contributed by atoms with van der Waals surface area (Å²) in [5.74, 6) is 1.57. The molecule has 2 heterocycles. The second kappa shape index (κ2) is 6.68. The van der Waals surface area contributed by atoms with Crippen LogP contribution >= 0.6 is 11.6 Å². The summed E-state index contributed by atoms with van der Waals surface area (Å²) in [7, 11) is 0. The third kappa shape index (κ3) is 3.63. The van der Waals surface area contributed by atoms with Crippen molar-refractivity contribution in [3.05, 3.63) is 33.9 Å². The van der Waals surface area contributed by atoms with Gasteiger partial charge in [-0.3, -0.25) is 4.68 Å². The largest absolute Gasteiger partial charge is 0.361 e. The highest BCUT2D eigenvalue weighted by Crippen LogP contribution is 2.38. The SMILES string of the molecule is CCn1nc(C(C)(C)CC(C)c2cc(C(C)C)no2)c(Cl)c1C. The first-order valence-electron chi connectivity index (χ1n) is 8.37. The molecule has 0 fully saturated rings. The Morgan fingerprint density at radius 1 is 1.30 bits per heavy atom. The molecule has 0 aliphatic heterocycles. The van der Waals surface area contributed by atoms with E-state index in [1.807, 2.05) is 11.6 Å². The zero-order chi connectivity index (χ0) is 17.4. The lowest BCUT2D eigenvalue weighted by atomic mass is 9.79. The van der Waals surface area contributed by atoms with E-state index in [2.05, 4.69) is 52.8 Å². The first-order valence-corrected chi connectivity index (χ1v) is 8.75. The molecule has 0 radical (unpaired) electrons. The third-order valence-corrected chi connectivity index (χ3v) is 4.97.